The fraction of sp³-hybridized carbons (Fsp3) is 0.333. The molecule has 1 aromatic heterocycles. The lowest BCUT2D eigenvalue weighted by molar-refractivity contribution is -0.142. The highest BCUT2D eigenvalue weighted by molar-refractivity contribution is 5.80. The Hall–Kier alpha value is -3.38. The zero-order valence-corrected chi connectivity index (χ0v) is 19.8. The van der Waals surface area contributed by atoms with Gasteiger partial charge in [-0.25, -0.2) is 4.98 Å². The summed E-state index contributed by atoms with van der Waals surface area (Å²) in [6, 6.07) is 23.8. The predicted octanol–water partition coefficient (Wildman–Crippen LogP) is 4.81. The highest BCUT2D eigenvalue weighted by Gasteiger charge is 2.28. The monoisotopic (exact) mass is 448 g/mol. The van der Waals surface area contributed by atoms with Crippen LogP contribution in [0.4, 0.5) is 11.5 Å². The van der Waals surface area contributed by atoms with Crippen LogP contribution in [0.1, 0.15) is 31.4 Å². The van der Waals surface area contributed by atoms with Crippen molar-refractivity contribution in [2.75, 3.05) is 37.3 Å². The van der Waals surface area contributed by atoms with E-state index in [0.29, 0.717) is 0 Å². The standard InChI is InChI=1S/C21H30N4O2.C6H6/c1-21(2,20(26)27)17-9-7-16(8-10-17)11-15-23-12-5-14-24-18-6-4-13-25-19(18)22-3;1-2-4-6-5-3-1/h4,6-10,13,23-24H,5,11-12,14-15H2,1-3H3,(H,22,25)(H,26,27);1-6H. The number of hydrogen-bond acceptors (Lipinski definition) is 5. The average molecular weight is 449 g/mol. The quantitative estimate of drug-likeness (QED) is 0.315. The van der Waals surface area contributed by atoms with Gasteiger partial charge >= 0.3 is 5.97 Å². The molecule has 3 aromatic rings. The van der Waals surface area contributed by atoms with E-state index in [0.717, 1.165) is 49.5 Å². The first-order chi connectivity index (χ1) is 15.9. The van der Waals surface area contributed by atoms with E-state index >= 15 is 0 Å². The van der Waals surface area contributed by atoms with Gasteiger partial charge in [0.05, 0.1) is 11.1 Å². The van der Waals surface area contributed by atoms with Crippen LogP contribution in [0.25, 0.3) is 0 Å². The Morgan fingerprint density at radius 2 is 1.55 bits per heavy atom. The molecule has 0 aliphatic heterocycles. The smallest absolute Gasteiger partial charge is 0.313 e. The van der Waals surface area contributed by atoms with E-state index in [1.165, 1.54) is 5.56 Å². The minimum absolute atomic E-state index is 0.807. The first kappa shape index (κ1) is 25.9. The van der Waals surface area contributed by atoms with Crippen molar-refractivity contribution in [1.82, 2.24) is 10.3 Å². The van der Waals surface area contributed by atoms with Crippen molar-refractivity contribution in [3.05, 3.63) is 90.1 Å². The van der Waals surface area contributed by atoms with E-state index in [2.05, 4.69) is 20.9 Å². The van der Waals surface area contributed by atoms with Gasteiger partial charge in [0.2, 0.25) is 0 Å². The lowest BCUT2D eigenvalue weighted by Gasteiger charge is -2.19. The lowest BCUT2D eigenvalue weighted by Crippen LogP contribution is -2.28. The second-order valence-corrected chi connectivity index (χ2v) is 8.21. The fourth-order valence-electron chi connectivity index (χ4n) is 3.14. The summed E-state index contributed by atoms with van der Waals surface area (Å²) in [6.07, 6.45) is 3.71. The molecule has 0 bridgehead atoms. The molecule has 0 aliphatic rings. The predicted molar refractivity (Wildman–Crippen MR) is 137 cm³/mol. The summed E-state index contributed by atoms with van der Waals surface area (Å²) in [5.74, 6) is 0.0543. The number of nitrogens with zero attached hydrogens (tertiary/aromatic N) is 1. The first-order valence-corrected chi connectivity index (χ1v) is 11.4. The largest absolute Gasteiger partial charge is 0.481 e. The van der Waals surface area contributed by atoms with Crippen molar-refractivity contribution in [3.63, 3.8) is 0 Å². The minimum atomic E-state index is -0.856. The molecule has 0 amide bonds. The second kappa shape index (κ2) is 13.9. The Balaban J connectivity index is 0.000000554. The summed E-state index contributed by atoms with van der Waals surface area (Å²) < 4.78 is 0. The molecule has 176 valence electrons. The molecule has 2 aromatic carbocycles. The molecule has 0 radical (unpaired) electrons. The van der Waals surface area contributed by atoms with Gasteiger partial charge in [0.15, 0.2) is 0 Å². The third-order valence-electron chi connectivity index (χ3n) is 5.36. The summed E-state index contributed by atoms with van der Waals surface area (Å²) >= 11 is 0. The van der Waals surface area contributed by atoms with E-state index in [9.17, 15) is 9.90 Å². The Bertz CT molecular complexity index is 917. The molecule has 0 unspecified atom stereocenters. The number of carboxylic acid groups (broad SMARTS) is 1. The molecule has 4 N–H and O–H groups in total. The van der Waals surface area contributed by atoms with Gasteiger partial charge < -0.3 is 21.1 Å². The summed E-state index contributed by atoms with van der Waals surface area (Å²) in [4.78, 5) is 15.6. The maximum Gasteiger partial charge on any atom is 0.313 e. The number of carbonyl (C=O) groups is 1. The molecular weight excluding hydrogens is 412 g/mol. The zero-order valence-electron chi connectivity index (χ0n) is 19.8. The topological polar surface area (TPSA) is 86.3 Å². The van der Waals surface area contributed by atoms with Crippen molar-refractivity contribution in [3.8, 4) is 0 Å². The molecule has 6 nitrogen and oxygen atoms in total. The van der Waals surface area contributed by atoms with E-state index in [1.54, 1.807) is 20.0 Å². The molecule has 3 rings (SSSR count). The van der Waals surface area contributed by atoms with E-state index in [-0.39, 0.29) is 0 Å². The van der Waals surface area contributed by atoms with Crippen LogP contribution in [0.15, 0.2) is 79.0 Å². The van der Waals surface area contributed by atoms with Gasteiger partial charge in [-0.3, -0.25) is 4.79 Å². The number of anilines is 2. The van der Waals surface area contributed by atoms with Crippen LogP contribution >= 0.6 is 0 Å². The molecule has 6 heteroatoms. The average Bonchev–Trinajstić information content (AvgIpc) is 2.85. The lowest BCUT2D eigenvalue weighted by atomic mass is 9.84. The Morgan fingerprint density at radius 1 is 0.909 bits per heavy atom. The number of aliphatic carboxylic acids is 1. The zero-order chi connectivity index (χ0) is 23.9. The number of aromatic nitrogens is 1. The molecule has 0 spiro atoms. The number of benzene rings is 2. The Labute approximate surface area is 197 Å². The van der Waals surface area contributed by atoms with Gasteiger partial charge in [-0.1, -0.05) is 60.7 Å². The normalized spacial score (nSPS) is 10.6. The summed E-state index contributed by atoms with van der Waals surface area (Å²) in [7, 11) is 1.87. The molecule has 0 fully saturated rings. The summed E-state index contributed by atoms with van der Waals surface area (Å²) in [5.41, 5.74) is 2.20. The van der Waals surface area contributed by atoms with Crippen LogP contribution in [0.2, 0.25) is 0 Å². The van der Waals surface area contributed by atoms with Crippen LogP contribution in [0, 0.1) is 0 Å². The minimum Gasteiger partial charge on any atom is -0.481 e. The molecule has 0 saturated heterocycles. The van der Waals surface area contributed by atoms with Gasteiger partial charge in [0, 0.05) is 19.8 Å². The molecule has 1 heterocycles. The highest BCUT2D eigenvalue weighted by Crippen LogP contribution is 2.23. The van der Waals surface area contributed by atoms with Gasteiger partial charge in [-0.2, -0.15) is 0 Å². The van der Waals surface area contributed by atoms with Crippen LogP contribution in [-0.2, 0) is 16.6 Å². The molecule has 0 saturated carbocycles. The van der Waals surface area contributed by atoms with Crippen molar-refractivity contribution in [2.45, 2.75) is 32.1 Å². The Kier molecular flexibility index (Phi) is 10.9. The number of hydrogen-bond donors (Lipinski definition) is 4. The highest BCUT2D eigenvalue weighted by atomic mass is 16.4. The van der Waals surface area contributed by atoms with E-state index in [4.69, 9.17) is 0 Å². The summed E-state index contributed by atoms with van der Waals surface area (Å²) in [6.45, 7) is 6.17. The number of nitrogens with one attached hydrogen (secondary N) is 3. The SMILES string of the molecule is CNc1ncccc1NCCCNCCc1ccc(C(C)(C)C(=O)O)cc1.c1ccccc1. The van der Waals surface area contributed by atoms with Crippen molar-refractivity contribution < 1.29 is 9.90 Å². The first-order valence-electron chi connectivity index (χ1n) is 11.4. The van der Waals surface area contributed by atoms with E-state index < -0.39 is 11.4 Å². The maximum atomic E-state index is 11.3. The third-order valence-corrected chi connectivity index (χ3v) is 5.36. The Morgan fingerprint density at radius 3 is 2.12 bits per heavy atom. The second-order valence-electron chi connectivity index (χ2n) is 8.21. The van der Waals surface area contributed by atoms with Crippen LogP contribution in [-0.4, -0.2) is 42.7 Å². The molecule has 0 aliphatic carbocycles. The van der Waals surface area contributed by atoms with E-state index in [1.807, 2.05) is 79.8 Å². The van der Waals surface area contributed by atoms with Gasteiger partial charge in [-0.15, -0.1) is 0 Å². The van der Waals surface area contributed by atoms with Gasteiger partial charge in [0.1, 0.15) is 5.82 Å². The molecule has 0 atom stereocenters. The van der Waals surface area contributed by atoms with Crippen LogP contribution in [0.3, 0.4) is 0 Å². The number of carboxylic acids is 1. The van der Waals surface area contributed by atoms with Crippen molar-refractivity contribution in [2.24, 2.45) is 0 Å². The summed E-state index contributed by atoms with van der Waals surface area (Å²) in [5, 5.41) is 19.2. The maximum absolute atomic E-state index is 11.3. The van der Waals surface area contributed by atoms with Crippen LogP contribution < -0.4 is 16.0 Å². The molecular formula is C27H36N4O2. The van der Waals surface area contributed by atoms with Gasteiger partial charge in [0.25, 0.3) is 0 Å². The van der Waals surface area contributed by atoms with Crippen LogP contribution in [0.5, 0.6) is 0 Å². The molecule has 33 heavy (non-hydrogen) atoms. The van der Waals surface area contributed by atoms with Crippen molar-refractivity contribution in [1.29, 1.82) is 0 Å². The van der Waals surface area contributed by atoms with Crippen molar-refractivity contribution >= 4 is 17.5 Å². The third kappa shape index (κ3) is 8.94. The number of rotatable bonds is 11. The number of pyridine rings is 1. The fourth-order valence-corrected chi connectivity index (χ4v) is 3.14. The van der Waals surface area contributed by atoms with Gasteiger partial charge in [-0.05, 0) is 63.0 Å².